The van der Waals surface area contributed by atoms with Gasteiger partial charge in [-0.2, -0.15) is 11.8 Å². The summed E-state index contributed by atoms with van der Waals surface area (Å²) >= 11 is 2.06. The monoisotopic (exact) mass is 259 g/mol. The Morgan fingerprint density at radius 1 is 1.24 bits per heavy atom. The zero-order valence-electron chi connectivity index (χ0n) is 12.0. The average Bonchev–Trinajstić information content (AvgIpc) is 2.36. The summed E-state index contributed by atoms with van der Waals surface area (Å²) in [5, 5.41) is 3.64. The second-order valence-corrected chi connectivity index (χ2v) is 7.11. The Kier molecular flexibility index (Phi) is 6.32. The van der Waals surface area contributed by atoms with Gasteiger partial charge in [0.15, 0.2) is 0 Å². The Morgan fingerprint density at radius 3 is 2.41 bits per heavy atom. The molecule has 0 aliphatic heterocycles. The van der Waals surface area contributed by atoms with Crippen LogP contribution in [-0.4, -0.2) is 36.8 Å². The molecule has 17 heavy (non-hydrogen) atoms. The van der Waals surface area contributed by atoms with Gasteiger partial charge in [-0.15, -0.1) is 0 Å². The van der Waals surface area contributed by atoms with Gasteiger partial charge in [0, 0.05) is 18.4 Å². The van der Waals surface area contributed by atoms with E-state index in [0.29, 0.717) is 4.75 Å². The summed E-state index contributed by atoms with van der Waals surface area (Å²) in [5.74, 6) is 0. The molecule has 0 saturated heterocycles. The largest absolute Gasteiger partial charge is 0.379 e. The zero-order chi connectivity index (χ0) is 12.8. The van der Waals surface area contributed by atoms with Crippen molar-refractivity contribution in [3.05, 3.63) is 0 Å². The predicted molar refractivity (Wildman–Crippen MR) is 77.9 cm³/mol. The zero-order valence-corrected chi connectivity index (χ0v) is 12.8. The maximum Gasteiger partial charge on any atom is 0.0634 e. The standard InChI is InChI=1S/C14H29NOS/c1-13(2,16-3)10-11-15-12-14(17-4)8-6-5-7-9-14/h15H,5-12H2,1-4H3. The van der Waals surface area contributed by atoms with Crippen molar-refractivity contribution < 1.29 is 4.74 Å². The first kappa shape index (κ1) is 15.3. The van der Waals surface area contributed by atoms with E-state index in [-0.39, 0.29) is 5.60 Å². The normalized spacial score (nSPS) is 20.5. The van der Waals surface area contributed by atoms with Crippen LogP contribution in [0.1, 0.15) is 52.4 Å². The lowest BCUT2D eigenvalue weighted by Gasteiger charge is -2.36. The highest BCUT2D eigenvalue weighted by molar-refractivity contribution is 8.00. The van der Waals surface area contributed by atoms with E-state index >= 15 is 0 Å². The van der Waals surface area contributed by atoms with E-state index in [0.717, 1.165) is 19.5 Å². The summed E-state index contributed by atoms with van der Waals surface area (Å²) in [5.41, 5.74) is 0.00604. The SMILES string of the molecule is COC(C)(C)CCNCC1(SC)CCCCC1. The highest BCUT2D eigenvalue weighted by atomic mass is 32.2. The van der Waals surface area contributed by atoms with Gasteiger partial charge in [0.25, 0.3) is 0 Å². The fraction of sp³-hybridized carbons (Fsp3) is 1.00. The third-order valence-electron chi connectivity index (χ3n) is 4.10. The van der Waals surface area contributed by atoms with Crippen LogP contribution in [0.5, 0.6) is 0 Å². The second kappa shape index (κ2) is 7.01. The molecule has 1 aliphatic rings. The van der Waals surface area contributed by atoms with Crippen LogP contribution < -0.4 is 5.32 Å². The lowest BCUT2D eigenvalue weighted by atomic mass is 9.88. The lowest BCUT2D eigenvalue weighted by Crippen LogP contribution is -2.41. The first-order valence-electron chi connectivity index (χ1n) is 6.85. The maximum atomic E-state index is 5.44. The quantitative estimate of drug-likeness (QED) is 0.708. The van der Waals surface area contributed by atoms with Crippen LogP contribution >= 0.6 is 11.8 Å². The van der Waals surface area contributed by atoms with E-state index < -0.39 is 0 Å². The van der Waals surface area contributed by atoms with Crippen molar-refractivity contribution in [3.63, 3.8) is 0 Å². The molecule has 102 valence electrons. The van der Waals surface area contributed by atoms with Gasteiger partial charge in [0.2, 0.25) is 0 Å². The summed E-state index contributed by atoms with van der Waals surface area (Å²) in [6.07, 6.45) is 10.4. The number of ether oxygens (including phenoxy) is 1. The van der Waals surface area contributed by atoms with Crippen LogP contribution in [0.15, 0.2) is 0 Å². The number of hydrogen-bond donors (Lipinski definition) is 1. The summed E-state index contributed by atoms with van der Waals surface area (Å²) in [6, 6.07) is 0. The van der Waals surface area contributed by atoms with Crippen LogP contribution in [0.4, 0.5) is 0 Å². The minimum absolute atomic E-state index is 0.00604. The van der Waals surface area contributed by atoms with Crippen LogP contribution in [0.3, 0.4) is 0 Å². The molecule has 3 heteroatoms. The van der Waals surface area contributed by atoms with Gasteiger partial charge in [-0.3, -0.25) is 0 Å². The summed E-state index contributed by atoms with van der Waals surface area (Å²) in [4.78, 5) is 0. The van der Waals surface area contributed by atoms with Crippen molar-refractivity contribution in [3.8, 4) is 0 Å². The van der Waals surface area contributed by atoms with Gasteiger partial charge in [-0.25, -0.2) is 0 Å². The Labute approximate surface area is 111 Å². The third kappa shape index (κ3) is 5.19. The van der Waals surface area contributed by atoms with Gasteiger partial charge >= 0.3 is 0 Å². The molecule has 0 atom stereocenters. The number of nitrogens with one attached hydrogen (secondary N) is 1. The third-order valence-corrected chi connectivity index (χ3v) is 5.52. The van der Waals surface area contributed by atoms with Crippen molar-refractivity contribution in [2.45, 2.75) is 62.7 Å². The fourth-order valence-corrected chi connectivity index (χ4v) is 3.40. The van der Waals surface area contributed by atoms with Crippen molar-refractivity contribution in [1.82, 2.24) is 5.32 Å². The highest BCUT2D eigenvalue weighted by Crippen LogP contribution is 2.37. The lowest BCUT2D eigenvalue weighted by molar-refractivity contribution is 0.0157. The molecular weight excluding hydrogens is 230 g/mol. The minimum atomic E-state index is 0.00604. The van der Waals surface area contributed by atoms with Gasteiger partial charge in [0.05, 0.1) is 5.60 Å². The van der Waals surface area contributed by atoms with Gasteiger partial charge in [0.1, 0.15) is 0 Å². The first-order chi connectivity index (χ1) is 8.04. The fourth-order valence-electron chi connectivity index (χ4n) is 2.46. The Morgan fingerprint density at radius 2 is 1.88 bits per heavy atom. The molecule has 0 unspecified atom stereocenters. The molecule has 2 nitrogen and oxygen atoms in total. The Hall–Kier alpha value is 0.270. The van der Waals surface area contributed by atoms with Gasteiger partial charge in [-0.05, 0) is 45.9 Å². The molecule has 0 bridgehead atoms. The maximum absolute atomic E-state index is 5.44. The van der Waals surface area contributed by atoms with Crippen LogP contribution in [-0.2, 0) is 4.74 Å². The molecule has 0 spiro atoms. The van der Waals surface area contributed by atoms with Crippen molar-refractivity contribution >= 4 is 11.8 Å². The summed E-state index contributed by atoms with van der Waals surface area (Å²) in [6.45, 7) is 6.52. The first-order valence-corrected chi connectivity index (χ1v) is 8.07. The number of thioether (sulfide) groups is 1. The van der Waals surface area contributed by atoms with Gasteiger partial charge < -0.3 is 10.1 Å². The molecule has 0 radical (unpaired) electrons. The number of methoxy groups -OCH3 is 1. The van der Waals surface area contributed by atoms with E-state index in [1.54, 1.807) is 7.11 Å². The molecule has 0 amide bonds. The van der Waals surface area contributed by atoms with E-state index in [1.807, 2.05) is 0 Å². The second-order valence-electron chi connectivity index (χ2n) is 5.84. The Balaban J connectivity index is 2.24. The number of hydrogen-bond acceptors (Lipinski definition) is 3. The topological polar surface area (TPSA) is 21.3 Å². The summed E-state index contributed by atoms with van der Waals surface area (Å²) in [7, 11) is 1.80. The number of rotatable bonds is 7. The van der Waals surface area contributed by atoms with Crippen molar-refractivity contribution in [1.29, 1.82) is 0 Å². The van der Waals surface area contributed by atoms with E-state index in [9.17, 15) is 0 Å². The van der Waals surface area contributed by atoms with Gasteiger partial charge in [-0.1, -0.05) is 19.3 Å². The molecule has 0 aromatic carbocycles. The molecule has 1 rings (SSSR count). The van der Waals surface area contributed by atoms with Crippen molar-refractivity contribution in [2.24, 2.45) is 0 Å². The molecule has 1 fully saturated rings. The smallest absolute Gasteiger partial charge is 0.0634 e. The van der Waals surface area contributed by atoms with E-state index in [4.69, 9.17) is 4.74 Å². The van der Waals surface area contributed by atoms with E-state index in [2.05, 4.69) is 37.2 Å². The molecule has 0 heterocycles. The van der Waals surface area contributed by atoms with E-state index in [1.165, 1.54) is 32.1 Å². The molecule has 1 aliphatic carbocycles. The molecule has 0 aromatic heterocycles. The van der Waals surface area contributed by atoms with Crippen LogP contribution in [0, 0.1) is 0 Å². The summed E-state index contributed by atoms with van der Waals surface area (Å²) < 4.78 is 5.95. The molecule has 1 saturated carbocycles. The van der Waals surface area contributed by atoms with Crippen LogP contribution in [0.25, 0.3) is 0 Å². The molecule has 1 N–H and O–H groups in total. The Bertz CT molecular complexity index is 212. The minimum Gasteiger partial charge on any atom is -0.379 e. The van der Waals surface area contributed by atoms with Crippen LogP contribution in [0.2, 0.25) is 0 Å². The predicted octanol–water partition coefficient (Wildman–Crippen LogP) is 3.46. The highest BCUT2D eigenvalue weighted by Gasteiger charge is 2.30. The van der Waals surface area contributed by atoms with Crippen molar-refractivity contribution in [2.75, 3.05) is 26.5 Å². The average molecular weight is 259 g/mol. The molecule has 0 aromatic rings. The molecular formula is C14H29NOS.